The van der Waals surface area contributed by atoms with Crippen LogP contribution in [0.1, 0.15) is 29.7 Å². The Kier molecular flexibility index (Phi) is 3.39. The molecule has 2 aromatic rings. The van der Waals surface area contributed by atoms with E-state index in [9.17, 15) is 0 Å². The third kappa shape index (κ3) is 2.22. The molecule has 0 radical (unpaired) electrons. The molecule has 0 aromatic heterocycles. The van der Waals surface area contributed by atoms with Crippen LogP contribution in [0.4, 0.5) is 5.69 Å². The minimum Gasteiger partial charge on any atom is -0.497 e. The maximum atomic E-state index is 5.50. The molecule has 0 fully saturated rings. The summed E-state index contributed by atoms with van der Waals surface area (Å²) in [6.45, 7) is 9.62. The molecular weight excluding hydrogens is 310 g/mol. The van der Waals surface area contributed by atoms with Crippen LogP contribution in [0.2, 0.25) is 19.6 Å². The van der Waals surface area contributed by atoms with Crippen molar-refractivity contribution in [3.63, 3.8) is 0 Å². The van der Waals surface area contributed by atoms with Crippen LogP contribution >= 0.6 is 0 Å². The first-order chi connectivity index (χ1) is 11.4. The number of methoxy groups -OCH3 is 1. The van der Waals surface area contributed by atoms with E-state index >= 15 is 0 Å². The van der Waals surface area contributed by atoms with Crippen LogP contribution in [0.5, 0.6) is 5.75 Å². The molecule has 0 amide bonds. The van der Waals surface area contributed by atoms with Gasteiger partial charge in [0.15, 0.2) is 0 Å². The third-order valence-electron chi connectivity index (χ3n) is 5.10. The number of ether oxygens (including phenoxy) is 1. The number of fused-ring (bicyclic) bond motifs is 5. The number of hydrogen-bond donors (Lipinski definition) is 0. The van der Waals surface area contributed by atoms with Crippen molar-refractivity contribution in [1.82, 2.24) is 0 Å². The summed E-state index contributed by atoms with van der Waals surface area (Å²) < 4.78 is 5.50. The molecule has 1 aliphatic carbocycles. The van der Waals surface area contributed by atoms with Gasteiger partial charge in [-0.25, -0.2) is 0 Å². The van der Waals surface area contributed by atoms with Gasteiger partial charge in [-0.05, 0) is 47.4 Å². The van der Waals surface area contributed by atoms with Gasteiger partial charge in [0, 0.05) is 17.4 Å². The van der Waals surface area contributed by atoms with Gasteiger partial charge >= 0.3 is 0 Å². The zero-order chi connectivity index (χ0) is 17.1. The van der Waals surface area contributed by atoms with Crippen LogP contribution in [0.3, 0.4) is 0 Å². The predicted molar refractivity (Wildman–Crippen MR) is 105 cm³/mol. The monoisotopic (exact) mass is 335 g/mol. The number of nitrogens with zero attached hydrogens (tertiary/aromatic N) is 1. The SMILES string of the molecule is COc1ccc2c(c1)C1=C(C)c3ccccc3C1N2C[Si](C)(C)C. The Morgan fingerprint density at radius 1 is 1.04 bits per heavy atom. The second kappa shape index (κ2) is 5.25. The van der Waals surface area contributed by atoms with Gasteiger partial charge in [0.1, 0.15) is 5.75 Å². The average molecular weight is 336 g/mol. The first-order valence-electron chi connectivity index (χ1n) is 8.66. The molecule has 124 valence electrons. The van der Waals surface area contributed by atoms with Crippen LogP contribution in [0.15, 0.2) is 42.5 Å². The summed E-state index contributed by atoms with van der Waals surface area (Å²) in [7, 11) is 0.505. The maximum Gasteiger partial charge on any atom is 0.119 e. The molecule has 0 spiro atoms. The van der Waals surface area contributed by atoms with Crippen LogP contribution in [-0.4, -0.2) is 21.4 Å². The molecule has 0 bridgehead atoms. The molecule has 3 heteroatoms. The number of allylic oxidation sites excluding steroid dienone is 1. The van der Waals surface area contributed by atoms with Gasteiger partial charge in [-0.3, -0.25) is 0 Å². The molecule has 1 atom stereocenters. The topological polar surface area (TPSA) is 12.5 Å². The van der Waals surface area contributed by atoms with E-state index in [1.54, 1.807) is 7.11 Å². The second-order valence-corrected chi connectivity index (χ2v) is 13.5. The van der Waals surface area contributed by atoms with Gasteiger partial charge in [-0.15, -0.1) is 0 Å². The lowest BCUT2D eigenvalue weighted by Crippen LogP contribution is -2.40. The number of rotatable bonds is 3. The van der Waals surface area contributed by atoms with Crippen molar-refractivity contribution in [2.24, 2.45) is 0 Å². The molecular formula is C21H25NOSi. The Hall–Kier alpha value is -2.00. The lowest BCUT2D eigenvalue weighted by atomic mass is 10.0. The van der Waals surface area contributed by atoms with Crippen molar-refractivity contribution in [2.75, 3.05) is 18.2 Å². The molecule has 0 saturated heterocycles. The highest BCUT2D eigenvalue weighted by atomic mass is 28.3. The third-order valence-corrected chi connectivity index (χ3v) is 6.39. The van der Waals surface area contributed by atoms with Crippen molar-refractivity contribution in [2.45, 2.75) is 32.6 Å². The lowest BCUT2D eigenvalue weighted by Gasteiger charge is -2.32. The van der Waals surface area contributed by atoms with Crippen molar-refractivity contribution < 1.29 is 4.74 Å². The molecule has 0 saturated carbocycles. The van der Waals surface area contributed by atoms with E-state index in [1.165, 1.54) is 39.7 Å². The number of anilines is 1. The Labute approximate surface area is 145 Å². The molecule has 1 heterocycles. The van der Waals surface area contributed by atoms with E-state index in [1.807, 2.05) is 0 Å². The van der Waals surface area contributed by atoms with E-state index in [4.69, 9.17) is 4.74 Å². The summed E-state index contributed by atoms with van der Waals surface area (Å²) in [6.07, 6.45) is 1.17. The minimum atomic E-state index is -1.24. The summed E-state index contributed by atoms with van der Waals surface area (Å²) in [5, 5.41) is 0. The Balaban J connectivity index is 1.94. The van der Waals surface area contributed by atoms with Gasteiger partial charge in [0.2, 0.25) is 0 Å². The summed E-state index contributed by atoms with van der Waals surface area (Å²) in [6, 6.07) is 15.8. The Morgan fingerprint density at radius 3 is 2.50 bits per heavy atom. The normalized spacial score (nSPS) is 18.5. The summed E-state index contributed by atoms with van der Waals surface area (Å²) in [4.78, 5) is 2.64. The summed E-state index contributed by atoms with van der Waals surface area (Å²) in [5.41, 5.74) is 8.48. The van der Waals surface area contributed by atoms with Crippen LogP contribution in [0.25, 0.3) is 11.1 Å². The van der Waals surface area contributed by atoms with Crippen LogP contribution in [0, 0.1) is 0 Å². The maximum absolute atomic E-state index is 5.50. The predicted octanol–water partition coefficient (Wildman–Crippen LogP) is 5.38. The highest BCUT2D eigenvalue weighted by Gasteiger charge is 2.42. The molecule has 0 N–H and O–H groups in total. The minimum absolute atomic E-state index is 0.370. The van der Waals surface area contributed by atoms with Gasteiger partial charge in [0.25, 0.3) is 0 Å². The van der Waals surface area contributed by atoms with E-state index in [0.29, 0.717) is 6.04 Å². The molecule has 1 aliphatic heterocycles. The van der Waals surface area contributed by atoms with Crippen molar-refractivity contribution >= 4 is 24.9 Å². The van der Waals surface area contributed by atoms with Crippen molar-refractivity contribution in [3.8, 4) is 5.75 Å². The van der Waals surface area contributed by atoms with Gasteiger partial charge < -0.3 is 9.64 Å². The largest absolute Gasteiger partial charge is 0.497 e. The number of hydrogen-bond acceptors (Lipinski definition) is 2. The molecule has 2 nitrogen and oxygen atoms in total. The second-order valence-electron chi connectivity index (χ2n) is 8.10. The van der Waals surface area contributed by atoms with E-state index in [2.05, 4.69) is 73.9 Å². The zero-order valence-corrected chi connectivity index (χ0v) is 16.2. The van der Waals surface area contributed by atoms with Crippen molar-refractivity contribution in [3.05, 3.63) is 59.2 Å². The average Bonchev–Trinajstić information content (AvgIpc) is 3.01. The Bertz CT molecular complexity index is 847. The molecule has 24 heavy (non-hydrogen) atoms. The summed E-state index contributed by atoms with van der Waals surface area (Å²) >= 11 is 0. The highest BCUT2D eigenvalue weighted by Crippen LogP contribution is 2.57. The fourth-order valence-corrected chi connectivity index (χ4v) is 5.57. The van der Waals surface area contributed by atoms with Crippen LogP contribution in [-0.2, 0) is 0 Å². The molecule has 4 rings (SSSR count). The van der Waals surface area contributed by atoms with E-state index in [-0.39, 0.29) is 0 Å². The first kappa shape index (κ1) is 15.5. The fourth-order valence-electron chi connectivity index (χ4n) is 4.19. The quantitative estimate of drug-likeness (QED) is 0.698. The summed E-state index contributed by atoms with van der Waals surface area (Å²) in [5.74, 6) is 0.943. The van der Waals surface area contributed by atoms with Gasteiger partial charge in [-0.2, -0.15) is 0 Å². The molecule has 2 aromatic carbocycles. The zero-order valence-electron chi connectivity index (χ0n) is 15.2. The van der Waals surface area contributed by atoms with Gasteiger partial charge in [0.05, 0.1) is 21.2 Å². The van der Waals surface area contributed by atoms with Gasteiger partial charge in [-0.1, -0.05) is 43.9 Å². The van der Waals surface area contributed by atoms with Crippen LogP contribution < -0.4 is 9.64 Å². The molecule has 1 unspecified atom stereocenters. The smallest absolute Gasteiger partial charge is 0.119 e. The number of benzene rings is 2. The first-order valence-corrected chi connectivity index (χ1v) is 12.4. The Morgan fingerprint density at radius 2 is 1.79 bits per heavy atom. The fraction of sp³-hybridized carbons (Fsp3) is 0.333. The highest BCUT2D eigenvalue weighted by molar-refractivity contribution is 6.76. The van der Waals surface area contributed by atoms with E-state index in [0.717, 1.165) is 5.75 Å². The molecule has 2 aliphatic rings. The lowest BCUT2D eigenvalue weighted by molar-refractivity contribution is 0.415. The van der Waals surface area contributed by atoms with Crippen molar-refractivity contribution in [1.29, 1.82) is 0 Å². The standard InChI is InChI=1S/C21H25NOSi/c1-14-16-8-6-7-9-17(16)21-20(14)18-12-15(23-2)10-11-19(18)22(21)13-24(3,4)5/h6-12,21H,13H2,1-5H3. The van der Waals surface area contributed by atoms with E-state index < -0.39 is 8.07 Å².